The van der Waals surface area contributed by atoms with Gasteiger partial charge in [0.1, 0.15) is 5.52 Å². The van der Waals surface area contributed by atoms with E-state index in [1.165, 1.54) is 31.4 Å². The van der Waals surface area contributed by atoms with Gasteiger partial charge in [-0.1, -0.05) is 12.1 Å². The van der Waals surface area contributed by atoms with Crippen LogP contribution in [0.15, 0.2) is 34.8 Å². The Labute approximate surface area is 157 Å². The molecule has 1 aromatic heterocycles. The lowest BCUT2D eigenvalue weighted by molar-refractivity contribution is -0.155. The zero-order chi connectivity index (χ0) is 18.4. The van der Waals surface area contributed by atoms with Crippen LogP contribution >= 0.6 is 0 Å². The van der Waals surface area contributed by atoms with Gasteiger partial charge in [-0.05, 0) is 68.4 Å². The van der Waals surface area contributed by atoms with Crippen molar-refractivity contribution in [3.05, 3.63) is 36.2 Å². The molecule has 4 saturated carbocycles. The van der Waals surface area contributed by atoms with Crippen molar-refractivity contribution in [2.45, 2.75) is 38.5 Å². The van der Waals surface area contributed by atoms with Crippen LogP contribution in [0.25, 0.3) is 17.2 Å². The molecule has 4 aliphatic rings. The summed E-state index contributed by atoms with van der Waals surface area (Å²) in [6, 6.07) is 7.41. The van der Waals surface area contributed by atoms with Gasteiger partial charge < -0.3 is 9.15 Å². The number of para-hydroxylation sites is 2. The molecule has 0 radical (unpaired) electrons. The Morgan fingerprint density at radius 1 is 1.11 bits per heavy atom. The van der Waals surface area contributed by atoms with Gasteiger partial charge in [0.05, 0.1) is 0 Å². The van der Waals surface area contributed by atoms with Crippen LogP contribution < -0.4 is 0 Å². The van der Waals surface area contributed by atoms with Crippen LogP contribution in [0.3, 0.4) is 0 Å². The summed E-state index contributed by atoms with van der Waals surface area (Å²) in [6.07, 6.45) is 9.62. The van der Waals surface area contributed by atoms with E-state index < -0.39 is 5.97 Å². The van der Waals surface area contributed by atoms with Crippen molar-refractivity contribution < 1.29 is 18.7 Å². The van der Waals surface area contributed by atoms with Gasteiger partial charge in [0.15, 0.2) is 18.0 Å². The number of benzene rings is 1. The summed E-state index contributed by atoms with van der Waals surface area (Å²) in [5, 5.41) is 0. The van der Waals surface area contributed by atoms with Gasteiger partial charge in [-0.25, -0.2) is 9.78 Å². The quantitative estimate of drug-likeness (QED) is 0.587. The lowest BCUT2D eigenvalue weighted by atomic mass is 9.48. The zero-order valence-corrected chi connectivity index (χ0v) is 15.2. The second-order valence-corrected chi connectivity index (χ2v) is 8.58. The number of esters is 1. The van der Waals surface area contributed by atoms with Gasteiger partial charge in [0.25, 0.3) is 0 Å². The molecule has 0 spiro atoms. The number of aromatic nitrogens is 1. The summed E-state index contributed by atoms with van der Waals surface area (Å²) in [6.45, 7) is -0.122. The molecule has 0 amide bonds. The predicted molar refractivity (Wildman–Crippen MR) is 99.6 cm³/mol. The number of carbonyl (C=O) groups excluding carboxylic acids is 2. The largest absolute Gasteiger partial charge is 0.454 e. The number of rotatable bonds is 5. The van der Waals surface area contributed by atoms with Crippen LogP contribution in [-0.2, 0) is 14.3 Å². The highest BCUT2D eigenvalue weighted by Crippen LogP contribution is 2.60. The SMILES string of the molecule is O=C(/C=C/c1nc2ccccc2o1)OCC(=O)C12CC3CC(CC(C3)C1)C2. The summed E-state index contributed by atoms with van der Waals surface area (Å²) in [4.78, 5) is 29.2. The van der Waals surface area contributed by atoms with Crippen molar-refractivity contribution in [2.24, 2.45) is 23.2 Å². The minimum Gasteiger partial charge on any atom is -0.454 e. The van der Waals surface area contributed by atoms with Crippen LogP contribution in [-0.4, -0.2) is 23.3 Å². The lowest BCUT2D eigenvalue weighted by Gasteiger charge is -2.55. The average Bonchev–Trinajstić information content (AvgIpc) is 3.06. The van der Waals surface area contributed by atoms with E-state index in [4.69, 9.17) is 9.15 Å². The van der Waals surface area contributed by atoms with E-state index in [1.54, 1.807) is 0 Å². The number of Topliss-reactive ketones (excluding diaryl/α,β-unsaturated/α-hetero) is 1. The third kappa shape index (κ3) is 3.09. The highest BCUT2D eigenvalue weighted by molar-refractivity contribution is 5.91. The molecule has 140 valence electrons. The lowest BCUT2D eigenvalue weighted by Crippen LogP contribution is -2.51. The van der Waals surface area contributed by atoms with Crippen LogP contribution in [0.1, 0.15) is 44.4 Å². The summed E-state index contributed by atoms with van der Waals surface area (Å²) in [5.41, 5.74) is 1.18. The number of oxazole rings is 1. The molecule has 2 aromatic rings. The van der Waals surface area contributed by atoms with Gasteiger partial charge in [-0.3, -0.25) is 4.79 Å². The Hall–Kier alpha value is -2.43. The maximum absolute atomic E-state index is 12.9. The van der Waals surface area contributed by atoms with E-state index in [-0.39, 0.29) is 17.8 Å². The number of carbonyl (C=O) groups is 2. The molecule has 4 aliphatic carbocycles. The molecular weight excluding hydrogens is 342 g/mol. The molecule has 0 saturated heterocycles. The van der Waals surface area contributed by atoms with Crippen LogP contribution in [0.2, 0.25) is 0 Å². The molecule has 1 heterocycles. The van der Waals surface area contributed by atoms with E-state index in [0.29, 0.717) is 29.2 Å². The van der Waals surface area contributed by atoms with E-state index in [0.717, 1.165) is 24.8 Å². The number of hydrogen-bond donors (Lipinski definition) is 0. The summed E-state index contributed by atoms with van der Waals surface area (Å²) >= 11 is 0. The van der Waals surface area contributed by atoms with Crippen molar-refractivity contribution >= 4 is 28.9 Å². The topological polar surface area (TPSA) is 69.4 Å². The highest BCUT2D eigenvalue weighted by Gasteiger charge is 2.54. The van der Waals surface area contributed by atoms with E-state index in [9.17, 15) is 9.59 Å². The smallest absolute Gasteiger partial charge is 0.331 e. The van der Waals surface area contributed by atoms with Crippen LogP contribution in [0, 0.1) is 23.2 Å². The number of nitrogens with zero attached hydrogens (tertiary/aromatic N) is 1. The monoisotopic (exact) mass is 365 g/mol. The minimum absolute atomic E-state index is 0.116. The summed E-state index contributed by atoms with van der Waals surface area (Å²) in [7, 11) is 0. The minimum atomic E-state index is -0.532. The van der Waals surface area contributed by atoms with Crippen LogP contribution in [0.5, 0.6) is 0 Å². The van der Waals surface area contributed by atoms with Gasteiger partial charge in [-0.15, -0.1) is 0 Å². The first-order valence-electron chi connectivity index (χ1n) is 9.83. The van der Waals surface area contributed by atoms with Crippen LogP contribution in [0.4, 0.5) is 0 Å². The fraction of sp³-hybridized carbons (Fsp3) is 0.500. The Balaban J connectivity index is 1.20. The van der Waals surface area contributed by atoms with Crippen molar-refractivity contribution in [1.29, 1.82) is 0 Å². The third-order valence-corrected chi connectivity index (χ3v) is 6.65. The Morgan fingerprint density at radius 2 is 1.78 bits per heavy atom. The number of hydrogen-bond acceptors (Lipinski definition) is 5. The Bertz CT molecular complexity index is 857. The fourth-order valence-corrected chi connectivity index (χ4v) is 5.89. The van der Waals surface area contributed by atoms with Crippen molar-refractivity contribution in [2.75, 3.05) is 6.61 Å². The number of ketones is 1. The zero-order valence-electron chi connectivity index (χ0n) is 15.2. The molecule has 0 aliphatic heterocycles. The van der Waals surface area contributed by atoms with Crippen molar-refractivity contribution in [3.63, 3.8) is 0 Å². The molecule has 0 atom stereocenters. The maximum Gasteiger partial charge on any atom is 0.331 e. The predicted octanol–water partition coefficient (Wildman–Crippen LogP) is 4.17. The second-order valence-electron chi connectivity index (χ2n) is 8.58. The first kappa shape index (κ1) is 16.7. The van der Waals surface area contributed by atoms with Gasteiger partial charge in [0.2, 0.25) is 5.89 Å². The molecule has 6 rings (SSSR count). The fourth-order valence-electron chi connectivity index (χ4n) is 5.89. The molecule has 0 unspecified atom stereocenters. The molecule has 4 fully saturated rings. The van der Waals surface area contributed by atoms with E-state index in [2.05, 4.69) is 4.98 Å². The van der Waals surface area contributed by atoms with Gasteiger partial charge >= 0.3 is 5.97 Å². The summed E-state index contributed by atoms with van der Waals surface area (Å²) < 4.78 is 10.8. The normalized spacial score (nSPS) is 31.6. The van der Waals surface area contributed by atoms with Crippen molar-refractivity contribution in [3.8, 4) is 0 Å². The Kier molecular flexibility index (Phi) is 3.92. The second kappa shape index (κ2) is 6.32. The highest BCUT2D eigenvalue weighted by atomic mass is 16.5. The number of ether oxygens (including phenoxy) is 1. The first-order valence-corrected chi connectivity index (χ1v) is 9.83. The Morgan fingerprint density at radius 3 is 2.44 bits per heavy atom. The molecule has 5 nitrogen and oxygen atoms in total. The average molecular weight is 365 g/mol. The maximum atomic E-state index is 12.9. The standard InChI is InChI=1S/C22H23NO4/c24-19(22-10-14-7-15(11-22)9-16(8-14)12-22)13-26-21(25)6-5-20-23-17-3-1-2-4-18(17)27-20/h1-6,14-16H,7-13H2/b6-5+. The molecular formula is C22H23NO4. The molecule has 27 heavy (non-hydrogen) atoms. The molecule has 4 bridgehead atoms. The van der Waals surface area contributed by atoms with E-state index >= 15 is 0 Å². The van der Waals surface area contributed by atoms with E-state index in [1.807, 2.05) is 24.3 Å². The third-order valence-electron chi connectivity index (χ3n) is 6.65. The molecule has 1 aromatic carbocycles. The molecule has 0 N–H and O–H groups in total. The van der Waals surface area contributed by atoms with Crippen molar-refractivity contribution in [1.82, 2.24) is 4.98 Å². The van der Waals surface area contributed by atoms with Gasteiger partial charge in [-0.2, -0.15) is 0 Å². The number of fused-ring (bicyclic) bond motifs is 1. The first-order chi connectivity index (χ1) is 13.1. The van der Waals surface area contributed by atoms with Gasteiger partial charge in [0, 0.05) is 17.6 Å². The molecule has 5 heteroatoms. The summed E-state index contributed by atoms with van der Waals surface area (Å²) in [5.74, 6) is 2.04.